The van der Waals surface area contributed by atoms with E-state index in [1.165, 1.54) is 11.3 Å². The highest BCUT2D eigenvalue weighted by atomic mass is 32.2. The minimum atomic E-state index is -0.813. The van der Waals surface area contributed by atoms with Crippen molar-refractivity contribution in [3.8, 4) is 11.5 Å². The molecule has 0 saturated heterocycles. The largest absolute Gasteiger partial charge is 0.485 e. The molecular weight excluding hydrogens is 422 g/mol. The molecule has 2 atom stereocenters. The molecular formula is C21H21N3O4S2. The first-order valence-electron chi connectivity index (χ1n) is 9.48. The third-order valence-electron chi connectivity index (χ3n) is 4.57. The number of benzene rings is 2. The molecule has 0 radical (unpaired) electrons. The number of hydrogen-bond acceptors (Lipinski definition) is 7. The average molecular weight is 444 g/mol. The number of carbonyl (C=O) groups excluding carboxylic acids is 2. The molecule has 7 nitrogen and oxygen atoms in total. The summed E-state index contributed by atoms with van der Waals surface area (Å²) in [5, 5.41) is 6.16. The fourth-order valence-corrected chi connectivity index (χ4v) is 4.38. The average Bonchev–Trinajstić information content (AvgIpc) is 3.18. The highest BCUT2D eigenvalue weighted by Gasteiger charge is 2.31. The van der Waals surface area contributed by atoms with Gasteiger partial charge in [0.05, 0.1) is 10.2 Å². The van der Waals surface area contributed by atoms with Gasteiger partial charge in [0.25, 0.3) is 5.91 Å². The van der Waals surface area contributed by atoms with Crippen molar-refractivity contribution in [3.05, 3.63) is 48.5 Å². The molecule has 3 aromatic rings. The molecule has 1 aromatic heterocycles. The van der Waals surface area contributed by atoms with Gasteiger partial charge in [-0.2, -0.15) is 11.8 Å². The molecule has 9 heteroatoms. The summed E-state index contributed by atoms with van der Waals surface area (Å²) in [4.78, 5) is 30.1. The van der Waals surface area contributed by atoms with Crippen LogP contribution in [-0.4, -0.2) is 47.6 Å². The summed E-state index contributed by atoms with van der Waals surface area (Å²) >= 11 is 3.01. The predicted octanol–water partition coefficient (Wildman–Crippen LogP) is 3.31. The second kappa shape index (κ2) is 9.36. The van der Waals surface area contributed by atoms with E-state index < -0.39 is 12.1 Å². The lowest BCUT2D eigenvalue weighted by Crippen LogP contribution is -2.51. The van der Waals surface area contributed by atoms with E-state index in [-0.39, 0.29) is 18.4 Å². The van der Waals surface area contributed by atoms with Gasteiger partial charge >= 0.3 is 0 Å². The van der Waals surface area contributed by atoms with Crippen LogP contribution in [0, 0.1) is 0 Å². The van der Waals surface area contributed by atoms with Gasteiger partial charge in [-0.05, 0) is 42.7 Å². The third-order valence-corrected chi connectivity index (χ3v) is 6.16. The molecule has 2 aromatic carbocycles. The number of thiazole rings is 1. The highest BCUT2D eigenvalue weighted by Crippen LogP contribution is 2.31. The van der Waals surface area contributed by atoms with Crippen LogP contribution >= 0.6 is 23.1 Å². The van der Waals surface area contributed by atoms with Crippen molar-refractivity contribution in [2.45, 2.75) is 18.6 Å². The number of aromatic nitrogens is 1. The van der Waals surface area contributed by atoms with Crippen LogP contribution in [-0.2, 0) is 9.59 Å². The van der Waals surface area contributed by atoms with Gasteiger partial charge in [-0.15, -0.1) is 0 Å². The first kappa shape index (κ1) is 20.5. The second-order valence-corrected chi connectivity index (χ2v) is 8.70. The van der Waals surface area contributed by atoms with Gasteiger partial charge < -0.3 is 20.1 Å². The summed E-state index contributed by atoms with van der Waals surface area (Å²) in [6, 6.07) is 14.2. The Hall–Kier alpha value is -2.78. The lowest BCUT2D eigenvalue weighted by atomic mass is 10.2. The van der Waals surface area contributed by atoms with Gasteiger partial charge in [0.1, 0.15) is 12.6 Å². The smallest absolute Gasteiger partial charge is 0.265 e. The zero-order chi connectivity index (χ0) is 20.9. The molecule has 30 heavy (non-hydrogen) atoms. The molecule has 0 unspecified atom stereocenters. The van der Waals surface area contributed by atoms with Gasteiger partial charge in [-0.3, -0.25) is 9.59 Å². The predicted molar refractivity (Wildman–Crippen MR) is 120 cm³/mol. The van der Waals surface area contributed by atoms with E-state index in [9.17, 15) is 9.59 Å². The lowest BCUT2D eigenvalue weighted by Gasteiger charge is -2.27. The Kier molecular flexibility index (Phi) is 6.39. The Morgan fingerprint density at radius 1 is 1.20 bits per heavy atom. The molecule has 2 N–H and O–H groups in total. The number of fused-ring (bicyclic) bond motifs is 2. The van der Waals surface area contributed by atoms with Crippen LogP contribution in [0.2, 0.25) is 0 Å². The van der Waals surface area contributed by atoms with Crippen LogP contribution in [0.5, 0.6) is 11.5 Å². The fourth-order valence-electron chi connectivity index (χ4n) is 3.04. The molecule has 2 heterocycles. The number of nitrogens with one attached hydrogen (secondary N) is 2. The van der Waals surface area contributed by atoms with Crippen molar-refractivity contribution in [2.24, 2.45) is 0 Å². The number of ether oxygens (including phenoxy) is 2. The molecule has 0 saturated carbocycles. The molecule has 156 valence electrons. The molecule has 1 aliphatic rings. The van der Waals surface area contributed by atoms with E-state index in [4.69, 9.17) is 9.47 Å². The van der Waals surface area contributed by atoms with Crippen molar-refractivity contribution in [2.75, 3.05) is 23.9 Å². The molecule has 2 amide bonds. The molecule has 1 aliphatic heterocycles. The number of rotatable bonds is 7. The van der Waals surface area contributed by atoms with Crippen LogP contribution in [0.3, 0.4) is 0 Å². The quantitative estimate of drug-likeness (QED) is 0.582. The van der Waals surface area contributed by atoms with Crippen LogP contribution in [0.25, 0.3) is 10.2 Å². The number of hydrogen-bond donors (Lipinski definition) is 2. The summed E-state index contributed by atoms with van der Waals surface area (Å²) in [5.41, 5.74) is 0.828. The van der Waals surface area contributed by atoms with E-state index in [0.717, 1.165) is 16.0 Å². The van der Waals surface area contributed by atoms with Crippen LogP contribution < -0.4 is 20.1 Å². The molecule has 0 fully saturated rings. The van der Waals surface area contributed by atoms with E-state index in [1.807, 2.05) is 42.7 Å². The molecule has 0 aliphatic carbocycles. The fraction of sp³-hybridized carbons (Fsp3) is 0.286. The SMILES string of the molecule is CSCC[C@@H](NC(=O)[C@H]1COc2ccccc2O1)C(=O)Nc1nc2ccccc2s1. The number of nitrogens with zero attached hydrogens (tertiary/aromatic N) is 1. The molecule has 0 bridgehead atoms. The number of carbonyl (C=O) groups is 2. The maximum atomic E-state index is 12.9. The zero-order valence-corrected chi connectivity index (χ0v) is 17.9. The van der Waals surface area contributed by atoms with E-state index in [1.54, 1.807) is 23.9 Å². The zero-order valence-electron chi connectivity index (χ0n) is 16.3. The van der Waals surface area contributed by atoms with Crippen molar-refractivity contribution in [1.82, 2.24) is 10.3 Å². The van der Waals surface area contributed by atoms with E-state index in [2.05, 4.69) is 15.6 Å². The number of anilines is 1. The topological polar surface area (TPSA) is 89.5 Å². The Balaban J connectivity index is 1.42. The maximum absolute atomic E-state index is 12.9. The van der Waals surface area contributed by atoms with Gasteiger partial charge in [0, 0.05) is 0 Å². The number of amides is 2. The van der Waals surface area contributed by atoms with Crippen molar-refractivity contribution < 1.29 is 19.1 Å². The van der Waals surface area contributed by atoms with Gasteiger partial charge in [-0.1, -0.05) is 35.6 Å². The van der Waals surface area contributed by atoms with E-state index in [0.29, 0.717) is 23.1 Å². The minimum Gasteiger partial charge on any atom is -0.485 e. The van der Waals surface area contributed by atoms with E-state index >= 15 is 0 Å². The summed E-state index contributed by atoms with van der Waals surface area (Å²) in [7, 11) is 0. The Morgan fingerprint density at radius 2 is 1.97 bits per heavy atom. The van der Waals surface area contributed by atoms with Gasteiger partial charge in [0.15, 0.2) is 16.6 Å². The Bertz CT molecular complexity index is 1020. The summed E-state index contributed by atoms with van der Waals surface area (Å²) in [5.74, 6) is 1.17. The molecule has 0 spiro atoms. The summed E-state index contributed by atoms with van der Waals surface area (Å²) in [6.45, 7) is 0.0948. The Morgan fingerprint density at radius 3 is 2.77 bits per heavy atom. The van der Waals surface area contributed by atoms with Crippen LogP contribution in [0.4, 0.5) is 5.13 Å². The third kappa shape index (κ3) is 4.68. The Labute approximate surface area is 182 Å². The standard InChI is InChI=1S/C21H21N3O4S2/c1-29-11-10-14(19(25)24-21-23-13-6-2-5-9-18(13)30-21)22-20(26)17-12-27-15-7-3-4-8-16(15)28-17/h2-9,14,17H,10-12H2,1H3,(H,22,26)(H,23,24,25)/t14-,17-/m1/s1. The van der Waals surface area contributed by atoms with Crippen molar-refractivity contribution in [3.63, 3.8) is 0 Å². The van der Waals surface area contributed by atoms with Crippen LogP contribution in [0.15, 0.2) is 48.5 Å². The normalized spacial score (nSPS) is 16.1. The second-order valence-electron chi connectivity index (χ2n) is 6.68. The first-order valence-corrected chi connectivity index (χ1v) is 11.7. The minimum absolute atomic E-state index is 0.0948. The van der Waals surface area contributed by atoms with Crippen molar-refractivity contribution in [1.29, 1.82) is 0 Å². The summed E-state index contributed by atoms with van der Waals surface area (Å²) in [6.07, 6.45) is 1.64. The van der Waals surface area contributed by atoms with Crippen molar-refractivity contribution >= 4 is 50.3 Å². The van der Waals surface area contributed by atoms with Crippen LogP contribution in [0.1, 0.15) is 6.42 Å². The molecule has 4 rings (SSSR count). The summed E-state index contributed by atoms with van der Waals surface area (Å²) < 4.78 is 12.4. The number of para-hydroxylation sites is 3. The first-order chi connectivity index (χ1) is 14.6. The van der Waals surface area contributed by atoms with Gasteiger partial charge in [-0.25, -0.2) is 4.98 Å². The highest BCUT2D eigenvalue weighted by molar-refractivity contribution is 7.98. The number of thioether (sulfide) groups is 1. The lowest BCUT2D eigenvalue weighted by molar-refractivity contribution is -0.133. The monoisotopic (exact) mass is 443 g/mol. The maximum Gasteiger partial charge on any atom is 0.265 e. The van der Waals surface area contributed by atoms with Gasteiger partial charge in [0.2, 0.25) is 12.0 Å².